The van der Waals surface area contributed by atoms with Crippen LogP contribution >= 0.6 is 11.3 Å². The van der Waals surface area contributed by atoms with Gasteiger partial charge < -0.3 is 10.1 Å². The number of benzene rings is 2. The number of carbonyl (C=O) groups is 1. The molecule has 10 heteroatoms. The standard InChI is InChI=1S/C20H16N4O4S2/c21-30(26,27)15-8-6-14(7-9-15)24-17(25)10-28-19-18-16(13-4-2-1-3-5-13)11-29-20(18)23-12-22-19/h1-9,11-12H,10H2,(H,24,25)(H2,21,26,27). The summed E-state index contributed by atoms with van der Waals surface area (Å²) in [5.74, 6) is -0.0959. The number of primary sulfonamides is 1. The molecule has 2 aromatic heterocycles. The Labute approximate surface area is 176 Å². The minimum absolute atomic E-state index is 0.0361. The Balaban J connectivity index is 1.50. The van der Waals surface area contributed by atoms with Crippen molar-refractivity contribution < 1.29 is 17.9 Å². The van der Waals surface area contributed by atoms with E-state index < -0.39 is 15.9 Å². The minimum atomic E-state index is -3.79. The van der Waals surface area contributed by atoms with Crippen LogP contribution in [-0.2, 0) is 14.8 Å². The first-order valence-electron chi connectivity index (χ1n) is 8.75. The number of amides is 1. The average Bonchev–Trinajstić information content (AvgIpc) is 3.17. The van der Waals surface area contributed by atoms with Gasteiger partial charge in [-0.25, -0.2) is 23.5 Å². The Morgan fingerprint density at radius 2 is 1.80 bits per heavy atom. The molecule has 0 bridgehead atoms. The lowest BCUT2D eigenvalue weighted by Crippen LogP contribution is -2.20. The Morgan fingerprint density at radius 3 is 2.50 bits per heavy atom. The Bertz CT molecular complexity index is 1300. The second-order valence-electron chi connectivity index (χ2n) is 6.28. The van der Waals surface area contributed by atoms with Crippen LogP contribution in [0.25, 0.3) is 21.3 Å². The molecule has 2 heterocycles. The van der Waals surface area contributed by atoms with E-state index in [0.717, 1.165) is 21.3 Å². The summed E-state index contributed by atoms with van der Waals surface area (Å²) in [6, 6.07) is 15.3. The monoisotopic (exact) mass is 440 g/mol. The van der Waals surface area contributed by atoms with Gasteiger partial charge in [0, 0.05) is 16.6 Å². The summed E-state index contributed by atoms with van der Waals surface area (Å²) in [4.78, 5) is 21.5. The molecule has 0 aliphatic rings. The Hall–Kier alpha value is -3.34. The second kappa shape index (κ2) is 8.19. The van der Waals surface area contributed by atoms with Gasteiger partial charge in [0.25, 0.3) is 5.91 Å². The first-order chi connectivity index (χ1) is 14.4. The van der Waals surface area contributed by atoms with Crippen LogP contribution < -0.4 is 15.2 Å². The van der Waals surface area contributed by atoms with Crippen LogP contribution in [0.4, 0.5) is 5.69 Å². The molecule has 2 aromatic carbocycles. The number of hydrogen-bond donors (Lipinski definition) is 2. The van der Waals surface area contributed by atoms with Crippen LogP contribution in [0.15, 0.2) is 71.2 Å². The fraction of sp³-hybridized carbons (Fsp3) is 0.0500. The molecule has 0 fully saturated rings. The van der Waals surface area contributed by atoms with Gasteiger partial charge in [-0.1, -0.05) is 30.3 Å². The Morgan fingerprint density at radius 1 is 1.07 bits per heavy atom. The van der Waals surface area contributed by atoms with Crippen molar-refractivity contribution in [2.75, 3.05) is 11.9 Å². The van der Waals surface area contributed by atoms with Crippen LogP contribution in [0.2, 0.25) is 0 Å². The lowest BCUT2D eigenvalue weighted by atomic mass is 10.1. The summed E-state index contributed by atoms with van der Waals surface area (Å²) in [6.07, 6.45) is 1.40. The van der Waals surface area contributed by atoms with Gasteiger partial charge in [-0.3, -0.25) is 4.79 Å². The number of rotatable bonds is 6. The van der Waals surface area contributed by atoms with Crippen LogP contribution in [0.3, 0.4) is 0 Å². The highest BCUT2D eigenvalue weighted by molar-refractivity contribution is 7.89. The van der Waals surface area contributed by atoms with E-state index in [2.05, 4.69) is 15.3 Å². The van der Waals surface area contributed by atoms with Gasteiger partial charge in [0.2, 0.25) is 15.9 Å². The molecule has 0 unspecified atom stereocenters. The summed E-state index contributed by atoms with van der Waals surface area (Å²) in [6.45, 7) is -0.271. The molecular weight excluding hydrogens is 424 g/mol. The van der Waals surface area contributed by atoms with Crippen molar-refractivity contribution >= 4 is 43.2 Å². The van der Waals surface area contributed by atoms with E-state index in [9.17, 15) is 13.2 Å². The largest absolute Gasteiger partial charge is 0.467 e. The third kappa shape index (κ3) is 4.30. The van der Waals surface area contributed by atoms with Gasteiger partial charge >= 0.3 is 0 Å². The number of thiophene rings is 1. The number of nitrogens with two attached hydrogens (primary N) is 1. The number of nitrogens with zero attached hydrogens (tertiary/aromatic N) is 2. The van der Waals surface area contributed by atoms with E-state index in [-0.39, 0.29) is 11.5 Å². The lowest BCUT2D eigenvalue weighted by molar-refractivity contribution is -0.118. The molecule has 4 rings (SSSR count). The topological polar surface area (TPSA) is 124 Å². The second-order valence-corrected chi connectivity index (χ2v) is 8.70. The summed E-state index contributed by atoms with van der Waals surface area (Å²) in [7, 11) is -3.79. The van der Waals surface area contributed by atoms with E-state index >= 15 is 0 Å². The van der Waals surface area contributed by atoms with Crippen molar-refractivity contribution in [1.82, 2.24) is 9.97 Å². The minimum Gasteiger partial charge on any atom is -0.467 e. The molecular formula is C20H16N4O4S2. The number of hydrogen-bond acceptors (Lipinski definition) is 7. The predicted molar refractivity (Wildman–Crippen MR) is 115 cm³/mol. The number of aromatic nitrogens is 2. The van der Waals surface area contributed by atoms with Crippen molar-refractivity contribution in [1.29, 1.82) is 0 Å². The van der Waals surface area contributed by atoms with Gasteiger partial charge in [-0.15, -0.1) is 11.3 Å². The van der Waals surface area contributed by atoms with Crippen molar-refractivity contribution in [2.24, 2.45) is 5.14 Å². The lowest BCUT2D eigenvalue weighted by Gasteiger charge is -2.09. The van der Waals surface area contributed by atoms with Gasteiger partial charge in [0.15, 0.2) is 6.61 Å². The number of fused-ring (bicyclic) bond motifs is 1. The maximum atomic E-state index is 12.3. The number of anilines is 1. The molecule has 1 amide bonds. The van der Waals surface area contributed by atoms with Crippen LogP contribution in [0.1, 0.15) is 0 Å². The SMILES string of the molecule is NS(=O)(=O)c1ccc(NC(=O)COc2ncnc3scc(-c4ccccc4)c23)cc1. The number of nitrogens with one attached hydrogen (secondary N) is 1. The molecule has 0 aliphatic heterocycles. The highest BCUT2D eigenvalue weighted by atomic mass is 32.2. The van der Waals surface area contributed by atoms with Crippen molar-refractivity contribution in [2.45, 2.75) is 4.90 Å². The summed E-state index contributed by atoms with van der Waals surface area (Å²) in [5.41, 5.74) is 2.36. The molecule has 0 saturated carbocycles. The van der Waals surface area contributed by atoms with Crippen molar-refractivity contribution in [3.63, 3.8) is 0 Å². The van der Waals surface area contributed by atoms with Gasteiger partial charge in [-0.2, -0.15) is 0 Å². The Kier molecular flexibility index (Phi) is 5.44. The van der Waals surface area contributed by atoms with Crippen LogP contribution in [0, 0.1) is 0 Å². The summed E-state index contributed by atoms with van der Waals surface area (Å²) < 4.78 is 28.3. The number of ether oxygens (including phenoxy) is 1. The first-order valence-corrected chi connectivity index (χ1v) is 11.2. The van der Waals surface area contributed by atoms with E-state index in [0.29, 0.717) is 11.6 Å². The summed E-state index contributed by atoms with van der Waals surface area (Å²) >= 11 is 1.47. The molecule has 0 spiro atoms. The number of sulfonamides is 1. The van der Waals surface area contributed by atoms with Gasteiger partial charge in [0.05, 0.1) is 10.3 Å². The van der Waals surface area contributed by atoms with Crippen LogP contribution in [-0.4, -0.2) is 30.9 Å². The molecule has 0 atom stereocenters. The molecule has 30 heavy (non-hydrogen) atoms. The van der Waals surface area contributed by atoms with E-state index in [4.69, 9.17) is 9.88 Å². The van der Waals surface area contributed by atoms with E-state index in [1.165, 1.54) is 41.9 Å². The molecule has 4 aromatic rings. The van der Waals surface area contributed by atoms with Crippen molar-refractivity contribution in [3.05, 3.63) is 66.3 Å². The normalized spacial score (nSPS) is 11.4. The maximum Gasteiger partial charge on any atom is 0.262 e. The smallest absolute Gasteiger partial charge is 0.262 e. The average molecular weight is 441 g/mol. The summed E-state index contributed by atoms with van der Waals surface area (Å²) in [5, 5.41) is 10.4. The highest BCUT2D eigenvalue weighted by Crippen LogP contribution is 2.37. The van der Waals surface area contributed by atoms with Gasteiger partial charge in [0.1, 0.15) is 11.2 Å². The van der Waals surface area contributed by atoms with Gasteiger partial charge in [-0.05, 0) is 29.8 Å². The fourth-order valence-electron chi connectivity index (χ4n) is 2.85. The number of carbonyl (C=O) groups excluding carboxylic acids is 1. The molecule has 0 saturated heterocycles. The zero-order valence-corrected chi connectivity index (χ0v) is 17.1. The molecule has 0 aliphatic carbocycles. The van der Waals surface area contributed by atoms with E-state index in [1.807, 2.05) is 35.7 Å². The van der Waals surface area contributed by atoms with Crippen LogP contribution in [0.5, 0.6) is 5.88 Å². The highest BCUT2D eigenvalue weighted by Gasteiger charge is 2.15. The quantitative estimate of drug-likeness (QED) is 0.475. The molecule has 3 N–H and O–H groups in total. The fourth-order valence-corrected chi connectivity index (χ4v) is 4.27. The molecule has 8 nitrogen and oxygen atoms in total. The molecule has 0 radical (unpaired) electrons. The van der Waals surface area contributed by atoms with Crippen molar-refractivity contribution in [3.8, 4) is 17.0 Å². The third-order valence-corrected chi connectivity index (χ3v) is 6.04. The predicted octanol–water partition coefficient (Wildman–Crippen LogP) is 3.02. The third-order valence-electron chi connectivity index (χ3n) is 4.23. The van der Waals surface area contributed by atoms with E-state index in [1.54, 1.807) is 0 Å². The first kappa shape index (κ1) is 20.0. The zero-order valence-electron chi connectivity index (χ0n) is 15.5. The molecule has 152 valence electrons. The maximum absolute atomic E-state index is 12.3. The zero-order chi connectivity index (χ0) is 21.1.